The van der Waals surface area contributed by atoms with E-state index in [0.29, 0.717) is 31.7 Å². The summed E-state index contributed by atoms with van der Waals surface area (Å²) in [4.78, 5) is 32.4. The summed E-state index contributed by atoms with van der Waals surface area (Å²) in [5.74, 6) is 0.332. The van der Waals surface area contributed by atoms with Crippen LogP contribution in [0.2, 0.25) is 0 Å². The monoisotopic (exact) mass is 367 g/mol. The number of oxime groups is 1. The molecule has 3 heterocycles. The number of benzene rings is 1. The molecule has 2 aliphatic heterocycles. The summed E-state index contributed by atoms with van der Waals surface area (Å²) in [5.41, 5.74) is 1.70. The summed E-state index contributed by atoms with van der Waals surface area (Å²) in [6, 6.07) is 12.8. The normalized spacial score (nSPS) is 21.6. The molecule has 1 fully saturated rings. The van der Waals surface area contributed by atoms with E-state index in [1.165, 1.54) is 0 Å². The molecule has 7 nitrogen and oxygen atoms in total. The molecule has 1 N–H and O–H groups in total. The number of nitrogens with zero attached hydrogens (tertiary/aromatic N) is 2. The molecule has 2 atom stereocenters. The van der Waals surface area contributed by atoms with Gasteiger partial charge >= 0.3 is 0 Å². The Labute approximate surface area is 157 Å². The van der Waals surface area contributed by atoms with Gasteiger partial charge in [-0.1, -0.05) is 35.5 Å². The Morgan fingerprint density at radius 1 is 1.19 bits per heavy atom. The van der Waals surface area contributed by atoms with Crippen molar-refractivity contribution in [3.05, 3.63) is 60.1 Å². The van der Waals surface area contributed by atoms with Crippen molar-refractivity contribution in [2.45, 2.75) is 38.0 Å². The molecule has 4 rings (SSSR count). The third-order valence-electron chi connectivity index (χ3n) is 4.91. The molecule has 2 aromatic rings. The molecule has 0 saturated carbocycles. The minimum Gasteiger partial charge on any atom is -0.467 e. The third kappa shape index (κ3) is 3.72. The van der Waals surface area contributed by atoms with E-state index in [1.807, 2.05) is 30.3 Å². The Bertz CT molecular complexity index is 832. The van der Waals surface area contributed by atoms with Crippen LogP contribution in [0.1, 0.15) is 30.6 Å². The van der Waals surface area contributed by atoms with E-state index in [0.717, 1.165) is 17.7 Å². The highest BCUT2D eigenvalue weighted by Gasteiger charge is 2.40. The van der Waals surface area contributed by atoms with Gasteiger partial charge < -0.3 is 19.5 Å². The fourth-order valence-electron chi connectivity index (χ4n) is 3.50. The van der Waals surface area contributed by atoms with Crippen molar-refractivity contribution in [2.24, 2.45) is 5.16 Å². The second-order valence-electron chi connectivity index (χ2n) is 6.69. The van der Waals surface area contributed by atoms with Crippen LogP contribution in [0.5, 0.6) is 0 Å². The summed E-state index contributed by atoms with van der Waals surface area (Å²) in [6.07, 6.45) is 2.76. The largest absolute Gasteiger partial charge is 0.467 e. The van der Waals surface area contributed by atoms with Gasteiger partial charge in [-0.05, 0) is 30.5 Å². The number of likely N-dealkylation sites (tertiary alicyclic amines) is 1. The lowest BCUT2D eigenvalue weighted by molar-refractivity contribution is -0.146. The fraction of sp³-hybridized carbons (Fsp3) is 0.350. The van der Waals surface area contributed by atoms with Crippen molar-refractivity contribution in [3.8, 4) is 0 Å². The second kappa shape index (κ2) is 7.65. The van der Waals surface area contributed by atoms with Crippen molar-refractivity contribution in [1.82, 2.24) is 10.2 Å². The van der Waals surface area contributed by atoms with E-state index in [-0.39, 0.29) is 11.8 Å². The molecule has 1 aromatic heterocycles. The number of amides is 2. The first kappa shape index (κ1) is 17.3. The average Bonchev–Trinajstić information content (AvgIpc) is 3.47. The first-order valence-electron chi connectivity index (χ1n) is 9.11. The molecule has 0 spiro atoms. The Morgan fingerprint density at radius 2 is 2.04 bits per heavy atom. The maximum atomic E-state index is 12.9. The standard InChI is InChI=1S/C20H21N3O4/c24-19(21-13-15-8-5-11-26-15)17-9-4-10-23(17)20(25)18-12-16(22-27-18)14-6-2-1-3-7-14/h1-3,5-8,11,17-18H,4,9-10,12-13H2,(H,21,24)/t17-,18-/m1/s1. The molecule has 140 valence electrons. The highest BCUT2D eigenvalue weighted by atomic mass is 16.6. The van der Waals surface area contributed by atoms with Crippen molar-refractivity contribution in [3.63, 3.8) is 0 Å². The van der Waals surface area contributed by atoms with Gasteiger partial charge in [0.05, 0.1) is 18.5 Å². The van der Waals surface area contributed by atoms with Crippen LogP contribution in [0.4, 0.5) is 0 Å². The van der Waals surface area contributed by atoms with Gasteiger partial charge in [0.1, 0.15) is 11.8 Å². The van der Waals surface area contributed by atoms with Crippen LogP contribution in [0, 0.1) is 0 Å². The number of carbonyl (C=O) groups is 2. The lowest BCUT2D eigenvalue weighted by Crippen LogP contribution is -2.49. The number of carbonyl (C=O) groups excluding carboxylic acids is 2. The smallest absolute Gasteiger partial charge is 0.267 e. The maximum absolute atomic E-state index is 12.9. The van der Waals surface area contributed by atoms with E-state index in [4.69, 9.17) is 9.25 Å². The number of hydrogen-bond donors (Lipinski definition) is 1. The summed E-state index contributed by atoms with van der Waals surface area (Å²) in [6.45, 7) is 0.865. The summed E-state index contributed by atoms with van der Waals surface area (Å²) in [5, 5.41) is 6.92. The molecule has 0 bridgehead atoms. The molecule has 0 radical (unpaired) electrons. The molecule has 2 amide bonds. The zero-order valence-corrected chi connectivity index (χ0v) is 14.8. The minimum absolute atomic E-state index is 0.167. The van der Waals surface area contributed by atoms with E-state index in [1.54, 1.807) is 23.3 Å². The van der Waals surface area contributed by atoms with Crippen molar-refractivity contribution >= 4 is 17.5 Å². The third-order valence-corrected chi connectivity index (χ3v) is 4.91. The van der Waals surface area contributed by atoms with Crippen LogP contribution in [-0.2, 0) is 21.0 Å². The molecular formula is C20H21N3O4. The Morgan fingerprint density at radius 3 is 2.81 bits per heavy atom. The van der Waals surface area contributed by atoms with Crippen molar-refractivity contribution < 1.29 is 18.8 Å². The second-order valence-corrected chi connectivity index (χ2v) is 6.69. The van der Waals surface area contributed by atoms with Crippen molar-refractivity contribution in [2.75, 3.05) is 6.54 Å². The van der Waals surface area contributed by atoms with E-state index in [9.17, 15) is 9.59 Å². The summed E-state index contributed by atoms with van der Waals surface area (Å²) in [7, 11) is 0. The molecular weight excluding hydrogens is 346 g/mol. The lowest BCUT2D eigenvalue weighted by Gasteiger charge is -2.25. The number of nitrogens with one attached hydrogen (secondary N) is 1. The van der Waals surface area contributed by atoms with Gasteiger partial charge in [0.25, 0.3) is 5.91 Å². The first-order chi connectivity index (χ1) is 13.2. The molecule has 0 aliphatic carbocycles. The topological polar surface area (TPSA) is 84.1 Å². The van der Waals surface area contributed by atoms with Crippen LogP contribution < -0.4 is 5.32 Å². The fourth-order valence-corrected chi connectivity index (χ4v) is 3.50. The molecule has 27 heavy (non-hydrogen) atoms. The van der Waals surface area contributed by atoms with Gasteiger partial charge in [-0.2, -0.15) is 0 Å². The van der Waals surface area contributed by atoms with Gasteiger partial charge in [-0.15, -0.1) is 0 Å². The number of furan rings is 1. The highest BCUT2D eigenvalue weighted by Crippen LogP contribution is 2.24. The Balaban J connectivity index is 1.36. The van der Waals surface area contributed by atoms with Crippen LogP contribution in [0.15, 0.2) is 58.3 Å². The Hall–Kier alpha value is -3.09. The minimum atomic E-state index is -0.668. The zero-order valence-electron chi connectivity index (χ0n) is 14.8. The Kier molecular flexibility index (Phi) is 4.91. The predicted octanol–water partition coefficient (Wildman–Crippen LogP) is 2.08. The molecule has 0 unspecified atom stereocenters. The quantitative estimate of drug-likeness (QED) is 0.877. The van der Waals surface area contributed by atoms with Gasteiger partial charge in [0, 0.05) is 13.0 Å². The van der Waals surface area contributed by atoms with Crippen molar-refractivity contribution in [1.29, 1.82) is 0 Å². The van der Waals surface area contributed by atoms with E-state index in [2.05, 4.69) is 10.5 Å². The SMILES string of the molecule is O=C(NCc1ccco1)[C@H]1CCCN1C(=O)[C@H]1CC(c2ccccc2)=NO1. The highest BCUT2D eigenvalue weighted by molar-refractivity contribution is 6.04. The number of rotatable bonds is 5. The van der Waals surface area contributed by atoms with Gasteiger partial charge in [-0.25, -0.2) is 0 Å². The average molecular weight is 367 g/mol. The van der Waals surface area contributed by atoms with Crippen LogP contribution in [-0.4, -0.2) is 41.1 Å². The zero-order chi connectivity index (χ0) is 18.6. The van der Waals surface area contributed by atoms with E-state index >= 15 is 0 Å². The first-order valence-corrected chi connectivity index (χ1v) is 9.11. The van der Waals surface area contributed by atoms with E-state index < -0.39 is 12.1 Å². The summed E-state index contributed by atoms with van der Waals surface area (Å²) >= 11 is 0. The lowest BCUT2D eigenvalue weighted by atomic mass is 10.0. The molecule has 1 saturated heterocycles. The van der Waals surface area contributed by atoms with Gasteiger partial charge in [0.15, 0.2) is 0 Å². The molecule has 2 aliphatic rings. The van der Waals surface area contributed by atoms with Crippen LogP contribution in [0.3, 0.4) is 0 Å². The van der Waals surface area contributed by atoms with Crippen LogP contribution >= 0.6 is 0 Å². The van der Waals surface area contributed by atoms with Gasteiger partial charge in [0.2, 0.25) is 12.0 Å². The van der Waals surface area contributed by atoms with Crippen LogP contribution in [0.25, 0.3) is 0 Å². The predicted molar refractivity (Wildman–Crippen MR) is 97.8 cm³/mol. The maximum Gasteiger partial charge on any atom is 0.267 e. The summed E-state index contributed by atoms with van der Waals surface area (Å²) < 4.78 is 5.23. The van der Waals surface area contributed by atoms with Gasteiger partial charge in [-0.3, -0.25) is 9.59 Å². The molecule has 1 aromatic carbocycles. The molecule has 7 heteroatoms. The number of hydrogen-bond acceptors (Lipinski definition) is 5.